The van der Waals surface area contributed by atoms with Crippen molar-refractivity contribution in [3.05, 3.63) is 30.1 Å². The molecule has 7 nitrogen and oxygen atoms in total. The molecule has 1 aromatic heterocycles. The van der Waals surface area contributed by atoms with Crippen LogP contribution in [0.2, 0.25) is 0 Å². The summed E-state index contributed by atoms with van der Waals surface area (Å²) < 4.78 is 1.94. The number of rotatable bonds is 7. The topological polar surface area (TPSA) is 78.7 Å². The molecule has 1 aromatic rings. The number of nitrogens with zero attached hydrogens (tertiary/aromatic N) is 4. The van der Waals surface area contributed by atoms with Gasteiger partial charge in [0.25, 0.3) is 0 Å². The van der Waals surface area contributed by atoms with Gasteiger partial charge in [0.15, 0.2) is 0 Å². The highest BCUT2D eigenvalue weighted by atomic mass is 16.4. The van der Waals surface area contributed by atoms with E-state index in [1.165, 1.54) is 0 Å². The molecule has 0 aromatic carbocycles. The van der Waals surface area contributed by atoms with E-state index in [-0.39, 0.29) is 12.5 Å². The zero-order valence-corrected chi connectivity index (χ0v) is 14.9. The Morgan fingerprint density at radius 3 is 2.88 bits per heavy atom. The van der Waals surface area contributed by atoms with Crippen LogP contribution >= 0.6 is 0 Å². The van der Waals surface area contributed by atoms with Gasteiger partial charge in [-0.2, -0.15) is 5.10 Å². The van der Waals surface area contributed by atoms with E-state index in [0.717, 1.165) is 24.2 Å². The highest BCUT2D eigenvalue weighted by Crippen LogP contribution is 2.44. The molecule has 136 valence electrons. The number of aliphatic carboxylic acids is 1. The van der Waals surface area contributed by atoms with E-state index in [0.29, 0.717) is 26.2 Å². The van der Waals surface area contributed by atoms with Crippen LogP contribution in [0, 0.1) is 18.3 Å². The van der Waals surface area contributed by atoms with Crippen molar-refractivity contribution >= 4 is 11.9 Å². The predicted octanol–water partition coefficient (Wildman–Crippen LogP) is 1.13. The maximum atomic E-state index is 12.6. The number of fused-ring (bicyclic) bond motifs is 1. The van der Waals surface area contributed by atoms with E-state index in [1.54, 1.807) is 11.0 Å². The summed E-state index contributed by atoms with van der Waals surface area (Å²) in [5.41, 5.74) is 1.06. The quantitative estimate of drug-likeness (QED) is 0.749. The average Bonchev–Trinajstić information content (AvgIpc) is 3.15. The van der Waals surface area contributed by atoms with Gasteiger partial charge in [0.1, 0.15) is 5.41 Å². The fraction of sp³-hybridized carbons (Fsp3) is 0.611. The zero-order valence-electron chi connectivity index (χ0n) is 14.9. The molecular weight excluding hydrogens is 320 g/mol. The third-order valence-corrected chi connectivity index (χ3v) is 5.37. The van der Waals surface area contributed by atoms with E-state index in [4.69, 9.17) is 0 Å². The lowest BCUT2D eigenvalue weighted by molar-refractivity contribution is -0.149. The lowest BCUT2D eigenvalue weighted by Crippen LogP contribution is -2.40. The fourth-order valence-electron chi connectivity index (χ4n) is 4.13. The monoisotopic (exact) mass is 346 g/mol. The van der Waals surface area contributed by atoms with Crippen LogP contribution in [0.4, 0.5) is 0 Å². The second-order valence-corrected chi connectivity index (χ2v) is 7.19. The fourth-order valence-corrected chi connectivity index (χ4v) is 4.13. The van der Waals surface area contributed by atoms with Crippen LogP contribution in [0.15, 0.2) is 18.9 Å². The van der Waals surface area contributed by atoms with Crippen LogP contribution < -0.4 is 0 Å². The van der Waals surface area contributed by atoms with Crippen LogP contribution in [-0.2, 0) is 22.7 Å². The Kier molecular flexibility index (Phi) is 4.69. The average molecular weight is 346 g/mol. The number of aromatic nitrogens is 2. The Labute approximate surface area is 147 Å². The third-order valence-electron chi connectivity index (χ3n) is 5.37. The molecule has 1 N–H and O–H groups in total. The summed E-state index contributed by atoms with van der Waals surface area (Å²) in [6.45, 7) is 10.8. The minimum Gasteiger partial charge on any atom is -0.481 e. The van der Waals surface area contributed by atoms with Gasteiger partial charge in [0.05, 0.1) is 11.6 Å². The molecule has 2 saturated heterocycles. The summed E-state index contributed by atoms with van der Waals surface area (Å²) in [5, 5.41) is 14.3. The highest BCUT2D eigenvalue weighted by Gasteiger charge is 2.61. The summed E-state index contributed by atoms with van der Waals surface area (Å²) >= 11 is 0. The van der Waals surface area contributed by atoms with E-state index >= 15 is 0 Å². The van der Waals surface area contributed by atoms with E-state index in [2.05, 4.69) is 23.5 Å². The van der Waals surface area contributed by atoms with Crippen LogP contribution in [-0.4, -0.2) is 62.7 Å². The van der Waals surface area contributed by atoms with Crippen molar-refractivity contribution in [2.45, 2.75) is 33.4 Å². The molecule has 3 heterocycles. The smallest absolute Gasteiger partial charge is 0.313 e. The van der Waals surface area contributed by atoms with E-state index in [9.17, 15) is 14.7 Å². The molecule has 0 spiro atoms. The molecule has 1 amide bonds. The lowest BCUT2D eigenvalue weighted by Gasteiger charge is -2.24. The second kappa shape index (κ2) is 6.63. The summed E-state index contributed by atoms with van der Waals surface area (Å²) in [4.78, 5) is 28.3. The summed E-state index contributed by atoms with van der Waals surface area (Å²) in [6.07, 6.45) is 4.70. The van der Waals surface area contributed by atoms with Gasteiger partial charge in [-0.3, -0.25) is 19.2 Å². The Morgan fingerprint density at radius 1 is 1.52 bits per heavy atom. The molecule has 7 heteroatoms. The van der Waals surface area contributed by atoms with Gasteiger partial charge in [-0.15, -0.1) is 6.58 Å². The van der Waals surface area contributed by atoms with Gasteiger partial charge in [0, 0.05) is 51.0 Å². The van der Waals surface area contributed by atoms with E-state index in [1.807, 2.05) is 17.8 Å². The minimum absolute atomic E-state index is 0.0665. The number of carboxylic acids is 1. The van der Waals surface area contributed by atoms with Crippen molar-refractivity contribution in [1.82, 2.24) is 19.6 Å². The number of carbonyl (C=O) groups excluding carboxylic acids is 1. The van der Waals surface area contributed by atoms with Crippen LogP contribution in [0.3, 0.4) is 0 Å². The third kappa shape index (κ3) is 2.97. The molecule has 0 aliphatic carbocycles. The number of hydrogen-bond acceptors (Lipinski definition) is 4. The van der Waals surface area contributed by atoms with Gasteiger partial charge in [-0.25, -0.2) is 0 Å². The Bertz CT molecular complexity index is 698. The Morgan fingerprint density at radius 2 is 2.28 bits per heavy atom. The first-order valence-corrected chi connectivity index (χ1v) is 8.79. The molecule has 2 aliphatic heterocycles. The van der Waals surface area contributed by atoms with Crippen molar-refractivity contribution in [2.24, 2.45) is 11.3 Å². The van der Waals surface area contributed by atoms with Gasteiger partial charge < -0.3 is 10.0 Å². The SMILES string of the molecule is C=CCN1C[C@@]2(C(=O)O)CN(Cc3cn(CCC)nc3C)C[C@H]2C1=O. The van der Waals surface area contributed by atoms with Crippen LogP contribution in [0.5, 0.6) is 0 Å². The number of carboxylic acid groups (broad SMARTS) is 1. The first-order chi connectivity index (χ1) is 11.9. The Balaban J connectivity index is 1.77. The van der Waals surface area contributed by atoms with Crippen molar-refractivity contribution in [2.75, 3.05) is 26.2 Å². The highest BCUT2D eigenvalue weighted by molar-refractivity contribution is 5.92. The molecule has 0 saturated carbocycles. The molecule has 0 radical (unpaired) electrons. The van der Waals surface area contributed by atoms with E-state index < -0.39 is 17.3 Å². The number of aryl methyl sites for hydroxylation is 2. The summed E-state index contributed by atoms with van der Waals surface area (Å²) in [7, 11) is 0. The number of hydrogen-bond donors (Lipinski definition) is 1. The number of amides is 1. The van der Waals surface area contributed by atoms with Gasteiger partial charge >= 0.3 is 5.97 Å². The summed E-state index contributed by atoms with van der Waals surface area (Å²) in [6, 6.07) is 0. The maximum absolute atomic E-state index is 12.6. The second-order valence-electron chi connectivity index (χ2n) is 7.19. The van der Waals surface area contributed by atoms with Crippen molar-refractivity contribution in [3.8, 4) is 0 Å². The maximum Gasteiger partial charge on any atom is 0.313 e. The van der Waals surface area contributed by atoms with Gasteiger partial charge in [-0.05, 0) is 13.3 Å². The van der Waals surface area contributed by atoms with Crippen molar-refractivity contribution < 1.29 is 14.7 Å². The molecule has 0 unspecified atom stereocenters. The normalized spacial score (nSPS) is 26.2. The molecular formula is C18H26N4O3. The Hall–Kier alpha value is -2.15. The van der Waals surface area contributed by atoms with Crippen molar-refractivity contribution in [3.63, 3.8) is 0 Å². The van der Waals surface area contributed by atoms with Gasteiger partial charge in [-0.1, -0.05) is 13.0 Å². The molecule has 0 bridgehead atoms. The first-order valence-electron chi connectivity index (χ1n) is 8.79. The minimum atomic E-state index is -1.01. The molecule has 2 aliphatic rings. The predicted molar refractivity (Wildman–Crippen MR) is 92.9 cm³/mol. The van der Waals surface area contributed by atoms with Crippen LogP contribution in [0.1, 0.15) is 24.6 Å². The molecule has 2 atom stereocenters. The molecule has 2 fully saturated rings. The first kappa shape index (κ1) is 17.7. The molecule has 25 heavy (non-hydrogen) atoms. The standard InChI is InChI=1S/C18H26N4O3/c1-4-6-21-12-18(17(24)25)11-20(10-15(18)16(21)23)8-14-9-22(7-5-2)19-13(14)3/h4,9,15H,1,5-8,10-12H2,2-3H3,(H,24,25)/t15-,18-/m0/s1. The zero-order chi connectivity index (χ0) is 18.2. The van der Waals surface area contributed by atoms with Gasteiger partial charge in [0.2, 0.25) is 5.91 Å². The molecule has 3 rings (SSSR count). The lowest BCUT2D eigenvalue weighted by atomic mass is 9.81. The summed E-state index contributed by atoms with van der Waals surface area (Å²) in [5.74, 6) is -1.42. The number of carbonyl (C=O) groups is 2. The van der Waals surface area contributed by atoms with Crippen molar-refractivity contribution in [1.29, 1.82) is 0 Å². The largest absolute Gasteiger partial charge is 0.481 e. The van der Waals surface area contributed by atoms with Crippen LogP contribution in [0.25, 0.3) is 0 Å². The number of likely N-dealkylation sites (tertiary alicyclic amines) is 2.